The van der Waals surface area contributed by atoms with Gasteiger partial charge in [-0.15, -0.1) is 10.2 Å². The summed E-state index contributed by atoms with van der Waals surface area (Å²) in [6.07, 6.45) is 0.461. The van der Waals surface area contributed by atoms with E-state index < -0.39 is 12.0 Å². The second-order valence-electron chi connectivity index (χ2n) is 6.44. The number of carbonyl (C=O) groups is 1. The van der Waals surface area contributed by atoms with E-state index in [1.807, 2.05) is 11.5 Å². The lowest BCUT2D eigenvalue weighted by molar-refractivity contribution is 0.0451. The highest BCUT2D eigenvalue weighted by atomic mass is 35.5. The zero-order chi connectivity index (χ0) is 19.7. The number of amides is 1. The number of anilines is 1. The first-order valence-corrected chi connectivity index (χ1v) is 9.92. The lowest BCUT2D eigenvalue weighted by Gasteiger charge is -2.39. The average molecular weight is 415 g/mol. The Bertz CT molecular complexity index is 823. The molecule has 0 unspecified atom stereocenters. The number of hydrogen-bond donors (Lipinski definition) is 2. The van der Waals surface area contributed by atoms with E-state index in [4.69, 9.17) is 22.1 Å². The zero-order valence-electron chi connectivity index (χ0n) is 15.4. The van der Waals surface area contributed by atoms with Crippen molar-refractivity contribution in [1.29, 1.82) is 0 Å². The van der Waals surface area contributed by atoms with Crippen molar-refractivity contribution in [3.05, 3.63) is 21.7 Å². The van der Waals surface area contributed by atoms with Crippen LogP contribution in [0.15, 0.2) is 0 Å². The van der Waals surface area contributed by atoms with Crippen molar-refractivity contribution in [3.63, 3.8) is 0 Å². The normalized spacial score (nSPS) is 21.4. The highest BCUT2D eigenvalue weighted by molar-refractivity contribution is 7.15. The minimum Gasteiger partial charge on any atom is -0.386 e. The van der Waals surface area contributed by atoms with Gasteiger partial charge < -0.3 is 25.0 Å². The summed E-state index contributed by atoms with van der Waals surface area (Å²) in [7, 11) is 1.64. The van der Waals surface area contributed by atoms with Crippen LogP contribution in [-0.4, -0.2) is 57.1 Å². The third-order valence-electron chi connectivity index (χ3n) is 4.73. The summed E-state index contributed by atoms with van der Waals surface area (Å²) >= 11 is 7.59. The Morgan fingerprint density at radius 2 is 2.26 bits per heavy atom. The van der Waals surface area contributed by atoms with Gasteiger partial charge in [-0.05, 0) is 19.8 Å². The maximum absolute atomic E-state index is 11.9. The maximum atomic E-state index is 11.9. The number of ether oxygens (including phenoxy) is 1. The number of nitrogens with zero attached hydrogens (tertiary/aromatic N) is 5. The molecule has 1 aliphatic heterocycles. The molecule has 0 spiro atoms. The molecule has 0 bridgehead atoms. The van der Waals surface area contributed by atoms with E-state index >= 15 is 0 Å². The smallest absolute Gasteiger partial charge is 0.284 e. The van der Waals surface area contributed by atoms with Gasteiger partial charge in [0.15, 0.2) is 5.15 Å². The Balaban J connectivity index is 1.88. The predicted octanol–water partition coefficient (Wildman–Crippen LogP) is 1.57. The molecule has 11 heteroatoms. The van der Waals surface area contributed by atoms with Gasteiger partial charge in [-0.3, -0.25) is 4.79 Å². The van der Waals surface area contributed by atoms with E-state index in [0.29, 0.717) is 36.1 Å². The third kappa shape index (κ3) is 3.79. The average Bonchev–Trinajstić information content (AvgIpc) is 3.25. The molecule has 3 N–H and O–H groups in total. The Morgan fingerprint density at radius 3 is 2.81 bits per heavy atom. The van der Waals surface area contributed by atoms with Crippen LogP contribution in [0.25, 0.3) is 0 Å². The number of rotatable bonds is 6. The zero-order valence-corrected chi connectivity index (χ0v) is 17.0. The van der Waals surface area contributed by atoms with Gasteiger partial charge >= 0.3 is 0 Å². The fraction of sp³-hybridized carbons (Fsp3) is 0.625. The van der Waals surface area contributed by atoms with E-state index in [1.165, 1.54) is 11.3 Å². The van der Waals surface area contributed by atoms with E-state index in [1.54, 1.807) is 14.0 Å². The summed E-state index contributed by atoms with van der Waals surface area (Å²) in [5, 5.41) is 19.5. The van der Waals surface area contributed by atoms with Gasteiger partial charge in [-0.1, -0.05) is 29.9 Å². The first-order chi connectivity index (χ1) is 12.9. The fourth-order valence-electron chi connectivity index (χ4n) is 3.41. The van der Waals surface area contributed by atoms with Crippen LogP contribution in [0.4, 0.5) is 5.13 Å². The van der Waals surface area contributed by atoms with Crippen molar-refractivity contribution in [3.8, 4) is 0 Å². The predicted molar refractivity (Wildman–Crippen MR) is 102 cm³/mol. The molecule has 0 radical (unpaired) electrons. The minimum absolute atomic E-state index is 0.118. The first kappa shape index (κ1) is 20.0. The van der Waals surface area contributed by atoms with Gasteiger partial charge in [0.1, 0.15) is 11.1 Å². The van der Waals surface area contributed by atoms with Crippen molar-refractivity contribution >= 4 is 34.0 Å². The Labute approximate surface area is 166 Å². The van der Waals surface area contributed by atoms with Crippen LogP contribution in [0, 0.1) is 0 Å². The molecule has 27 heavy (non-hydrogen) atoms. The van der Waals surface area contributed by atoms with Crippen LogP contribution in [0.2, 0.25) is 5.15 Å². The highest BCUT2D eigenvalue weighted by Gasteiger charge is 2.36. The standard InChI is InChI=1S/C16H23ClN6O3S/c1-4-9-12(17)19-14(13(18)25)23(9)10-5-6-22(7-11(10)26-3)16-21-20-15(27-16)8(2)24/h8,10-11,24H,4-7H2,1-3H3,(H2,18,25)/t8-,10+,11-/m0/s1. The van der Waals surface area contributed by atoms with Gasteiger partial charge in [0.05, 0.1) is 17.8 Å². The van der Waals surface area contributed by atoms with E-state index in [9.17, 15) is 9.90 Å². The summed E-state index contributed by atoms with van der Waals surface area (Å²) in [5.41, 5.74) is 6.30. The van der Waals surface area contributed by atoms with Crippen LogP contribution in [-0.2, 0) is 11.2 Å². The van der Waals surface area contributed by atoms with Crippen LogP contribution < -0.4 is 10.6 Å². The van der Waals surface area contributed by atoms with E-state index in [2.05, 4.69) is 20.1 Å². The summed E-state index contributed by atoms with van der Waals surface area (Å²) < 4.78 is 7.56. The third-order valence-corrected chi connectivity index (χ3v) is 6.19. The molecule has 1 saturated heterocycles. The maximum Gasteiger partial charge on any atom is 0.284 e. The number of halogens is 1. The molecule has 3 heterocycles. The van der Waals surface area contributed by atoms with Gasteiger partial charge in [0.25, 0.3) is 5.91 Å². The molecule has 2 aromatic heterocycles. The molecule has 9 nitrogen and oxygen atoms in total. The van der Waals surface area contributed by atoms with Crippen molar-refractivity contribution < 1.29 is 14.6 Å². The second kappa shape index (κ2) is 8.09. The molecule has 3 rings (SSSR count). The van der Waals surface area contributed by atoms with Crippen molar-refractivity contribution in [2.24, 2.45) is 5.73 Å². The number of carbonyl (C=O) groups excluding carboxylic acids is 1. The molecule has 1 fully saturated rings. The van der Waals surface area contributed by atoms with Crippen LogP contribution in [0.3, 0.4) is 0 Å². The number of aliphatic hydroxyl groups excluding tert-OH is 1. The van der Waals surface area contributed by atoms with Crippen molar-refractivity contribution in [1.82, 2.24) is 19.7 Å². The first-order valence-electron chi connectivity index (χ1n) is 8.72. The van der Waals surface area contributed by atoms with Gasteiger partial charge in [-0.25, -0.2) is 4.98 Å². The van der Waals surface area contributed by atoms with E-state index in [0.717, 1.165) is 10.8 Å². The number of imidazole rings is 1. The number of methoxy groups -OCH3 is 1. The topological polar surface area (TPSA) is 119 Å². The van der Waals surface area contributed by atoms with Crippen LogP contribution in [0.1, 0.15) is 53.7 Å². The van der Waals surface area contributed by atoms with Gasteiger partial charge in [0, 0.05) is 20.2 Å². The summed E-state index contributed by atoms with van der Waals surface area (Å²) in [5.74, 6) is -0.454. The quantitative estimate of drug-likeness (QED) is 0.736. The van der Waals surface area contributed by atoms with Crippen molar-refractivity contribution in [2.75, 3.05) is 25.1 Å². The lowest BCUT2D eigenvalue weighted by Crippen LogP contribution is -2.46. The fourth-order valence-corrected chi connectivity index (χ4v) is 4.53. The highest BCUT2D eigenvalue weighted by Crippen LogP contribution is 2.34. The second-order valence-corrected chi connectivity index (χ2v) is 7.78. The molecule has 148 valence electrons. The summed E-state index contributed by atoms with van der Waals surface area (Å²) in [6, 6.07) is -0.118. The Morgan fingerprint density at radius 1 is 1.52 bits per heavy atom. The number of aliphatic hydroxyl groups is 1. The monoisotopic (exact) mass is 414 g/mol. The SMILES string of the molecule is CCc1c(Cl)nc(C(N)=O)n1[C@@H]1CCN(c2nnc([C@H](C)O)s2)C[C@@H]1OC. The number of hydrogen-bond acceptors (Lipinski definition) is 8. The van der Waals surface area contributed by atoms with Gasteiger partial charge in [-0.2, -0.15) is 0 Å². The molecule has 3 atom stereocenters. The number of primary amides is 1. The van der Waals surface area contributed by atoms with E-state index in [-0.39, 0.29) is 18.0 Å². The molecule has 0 saturated carbocycles. The Kier molecular flexibility index (Phi) is 5.99. The molecule has 2 aromatic rings. The van der Waals surface area contributed by atoms with Crippen LogP contribution in [0.5, 0.6) is 0 Å². The number of piperidine rings is 1. The summed E-state index contributed by atoms with van der Waals surface area (Å²) in [6.45, 7) is 4.87. The number of nitrogens with two attached hydrogens (primary N) is 1. The number of aromatic nitrogens is 4. The molecular weight excluding hydrogens is 392 g/mol. The molecule has 0 aromatic carbocycles. The minimum atomic E-state index is -0.648. The van der Waals surface area contributed by atoms with Gasteiger partial charge in [0.2, 0.25) is 11.0 Å². The van der Waals surface area contributed by atoms with Crippen molar-refractivity contribution in [2.45, 2.75) is 44.9 Å². The van der Waals surface area contributed by atoms with Crippen LogP contribution >= 0.6 is 22.9 Å². The molecule has 1 amide bonds. The molecular formula is C16H23ClN6O3S. The molecule has 0 aliphatic carbocycles. The lowest BCUT2D eigenvalue weighted by atomic mass is 10.0. The summed E-state index contributed by atoms with van der Waals surface area (Å²) in [4.78, 5) is 18.1. The largest absolute Gasteiger partial charge is 0.386 e. The Hall–Kier alpha value is -1.75. The molecule has 1 aliphatic rings.